The number of carbonyl (C=O) groups is 1. The summed E-state index contributed by atoms with van der Waals surface area (Å²) in [6, 6.07) is 14.5. The normalized spacial score (nSPS) is 16.4. The summed E-state index contributed by atoms with van der Waals surface area (Å²) in [5.74, 6) is 1.26. The van der Waals surface area contributed by atoms with Crippen molar-refractivity contribution in [2.24, 2.45) is 4.99 Å². The number of fused-ring (bicyclic) bond motifs is 1. The third-order valence-corrected chi connectivity index (χ3v) is 6.94. The molecule has 2 aromatic carbocycles. The van der Waals surface area contributed by atoms with Crippen molar-refractivity contribution in [2.45, 2.75) is 43.5 Å². The van der Waals surface area contributed by atoms with Crippen LogP contribution in [0.5, 0.6) is 5.75 Å². The Hall–Kier alpha value is -2.87. The monoisotopic (exact) mass is 443 g/mol. The number of aliphatic imine (C=N–C) groups is 1. The minimum Gasteiger partial charge on any atom is -0.496 e. The van der Waals surface area contributed by atoms with E-state index in [1.165, 1.54) is 0 Å². The SMILES string of the molecule is COc1ccccc1C(C)N(C)C(=O)CCCCCN=C1NS(=O)(=O)c2ccccc21. The van der Waals surface area contributed by atoms with Crippen molar-refractivity contribution < 1.29 is 17.9 Å². The van der Waals surface area contributed by atoms with Gasteiger partial charge in [0.2, 0.25) is 5.91 Å². The maximum absolute atomic E-state index is 12.6. The molecule has 0 saturated heterocycles. The summed E-state index contributed by atoms with van der Waals surface area (Å²) in [7, 11) is -0.0537. The summed E-state index contributed by atoms with van der Waals surface area (Å²) in [6.07, 6.45) is 2.84. The summed E-state index contributed by atoms with van der Waals surface area (Å²) >= 11 is 0. The molecule has 1 amide bonds. The van der Waals surface area contributed by atoms with Gasteiger partial charge in [-0.15, -0.1) is 0 Å². The third-order valence-electron chi connectivity index (χ3n) is 5.54. The lowest BCUT2D eigenvalue weighted by Gasteiger charge is -2.26. The predicted octanol–water partition coefficient (Wildman–Crippen LogP) is 3.51. The fraction of sp³-hybridized carbons (Fsp3) is 0.391. The number of nitrogens with one attached hydrogen (secondary N) is 1. The van der Waals surface area contributed by atoms with Crippen molar-refractivity contribution in [1.29, 1.82) is 0 Å². The van der Waals surface area contributed by atoms with Gasteiger partial charge in [-0.2, -0.15) is 0 Å². The van der Waals surface area contributed by atoms with E-state index in [-0.39, 0.29) is 16.8 Å². The van der Waals surface area contributed by atoms with Crippen LogP contribution < -0.4 is 9.46 Å². The number of amidine groups is 1. The fourth-order valence-corrected chi connectivity index (χ4v) is 4.87. The van der Waals surface area contributed by atoms with E-state index in [1.54, 1.807) is 36.3 Å². The molecule has 31 heavy (non-hydrogen) atoms. The van der Waals surface area contributed by atoms with Gasteiger partial charge < -0.3 is 9.64 Å². The van der Waals surface area contributed by atoms with Gasteiger partial charge in [0, 0.05) is 31.1 Å². The van der Waals surface area contributed by atoms with Gasteiger partial charge in [0.25, 0.3) is 10.0 Å². The van der Waals surface area contributed by atoms with Gasteiger partial charge in [-0.3, -0.25) is 14.5 Å². The van der Waals surface area contributed by atoms with Crippen molar-refractivity contribution in [1.82, 2.24) is 9.62 Å². The molecule has 0 saturated carbocycles. The van der Waals surface area contributed by atoms with Crippen LogP contribution in [0.4, 0.5) is 0 Å². The fourth-order valence-electron chi connectivity index (χ4n) is 3.62. The molecule has 0 fully saturated rings. The molecular formula is C23H29N3O4S. The Kier molecular flexibility index (Phi) is 7.33. The summed E-state index contributed by atoms with van der Waals surface area (Å²) in [6.45, 7) is 2.50. The topological polar surface area (TPSA) is 88.1 Å². The quantitative estimate of drug-likeness (QED) is 0.601. The van der Waals surface area contributed by atoms with Crippen molar-refractivity contribution in [3.63, 3.8) is 0 Å². The first-order valence-electron chi connectivity index (χ1n) is 10.4. The Bertz CT molecular complexity index is 1070. The van der Waals surface area contributed by atoms with Crippen LogP contribution >= 0.6 is 0 Å². The van der Waals surface area contributed by atoms with Crippen LogP contribution in [0.2, 0.25) is 0 Å². The highest BCUT2D eigenvalue weighted by atomic mass is 32.2. The second-order valence-corrected chi connectivity index (χ2v) is 9.22. The van der Waals surface area contributed by atoms with Gasteiger partial charge in [-0.25, -0.2) is 8.42 Å². The second kappa shape index (κ2) is 9.96. The van der Waals surface area contributed by atoms with Gasteiger partial charge >= 0.3 is 0 Å². The molecule has 3 rings (SSSR count). The Morgan fingerprint density at radius 1 is 1.10 bits per heavy atom. The molecular weight excluding hydrogens is 414 g/mol. The molecule has 1 atom stereocenters. The van der Waals surface area contributed by atoms with E-state index in [4.69, 9.17) is 4.74 Å². The molecule has 0 aromatic heterocycles. The molecule has 8 heteroatoms. The maximum atomic E-state index is 12.6. The lowest BCUT2D eigenvalue weighted by molar-refractivity contribution is -0.131. The molecule has 1 unspecified atom stereocenters. The average molecular weight is 444 g/mol. The second-order valence-electron chi connectivity index (χ2n) is 7.57. The molecule has 1 aliphatic rings. The number of carbonyl (C=O) groups excluding carboxylic acids is 1. The number of benzene rings is 2. The number of rotatable bonds is 9. The lowest BCUT2D eigenvalue weighted by Crippen LogP contribution is -2.29. The zero-order valence-electron chi connectivity index (χ0n) is 18.2. The van der Waals surface area contributed by atoms with Crippen LogP contribution in [-0.2, 0) is 14.8 Å². The Morgan fingerprint density at radius 2 is 1.81 bits per heavy atom. The first-order chi connectivity index (χ1) is 14.8. The van der Waals surface area contributed by atoms with Crippen LogP contribution in [0.3, 0.4) is 0 Å². The first kappa shape index (κ1) is 22.8. The van der Waals surface area contributed by atoms with E-state index in [0.29, 0.717) is 24.4 Å². The summed E-state index contributed by atoms with van der Waals surface area (Å²) in [4.78, 5) is 19.0. The number of methoxy groups -OCH3 is 1. The Morgan fingerprint density at radius 3 is 2.58 bits per heavy atom. The highest BCUT2D eigenvalue weighted by Crippen LogP contribution is 2.28. The number of unbranched alkanes of at least 4 members (excludes halogenated alkanes) is 2. The number of ether oxygens (including phenoxy) is 1. The Balaban J connectivity index is 1.45. The molecule has 7 nitrogen and oxygen atoms in total. The number of para-hydroxylation sites is 1. The minimum absolute atomic E-state index is 0.0782. The molecule has 0 bridgehead atoms. The molecule has 1 N–H and O–H groups in total. The van der Waals surface area contributed by atoms with Crippen LogP contribution in [0.1, 0.15) is 49.8 Å². The molecule has 1 aliphatic heterocycles. The molecule has 0 radical (unpaired) electrons. The number of nitrogens with zero attached hydrogens (tertiary/aromatic N) is 2. The van der Waals surface area contributed by atoms with Crippen LogP contribution in [0.15, 0.2) is 58.4 Å². The lowest BCUT2D eigenvalue weighted by atomic mass is 10.1. The number of sulfonamides is 1. The summed E-state index contributed by atoms with van der Waals surface area (Å²) < 4.78 is 32.1. The van der Waals surface area contributed by atoms with E-state index in [2.05, 4.69) is 9.71 Å². The van der Waals surface area contributed by atoms with Crippen molar-refractivity contribution in [3.8, 4) is 5.75 Å². The van der Waals surface area contributed by atoms with E-state index >= 15 is 0 Å². The van der Waals surface area contributed by atoms with Gasteiger partial charge in [-0.05, 0) is 38.0 Å². The van der Waals surface area contributed by atoms with Crippen LogP contribution in [0.25, 0.3) is 0 Å². The summed E-state index contributed by atoms with van der Waals surface area (Å²) in [5.41, 5.74) is 1.60. The van der Waals surface area contributed by atoms with E-state index in [9.17, 15) is 13.2 Å². The van der Waals surface area contributed by atoms with E-state index in [0.717, 1.165) is 30.6 Å². The van der Waals surface area contributed by atoms with Crippen molar-refractivity contribution in [2.75, 3.05) is 20.7 Å². The standard InChI is InChI=1S/C23H29N3O4S/c1-17(18-11-6-8-13-20(18)30-3)26(2)22(27)15-5-4-10-16-24-23-19-12-7-9-14-21(19)31(28,29)25-23/h6-9,11-14,17H,4-5,10,15-16H2,1-3H3,(H,24,25). The number of hydrogen-bond donors (Lipinski definition) is 1. The smallest absolute Gasteiger partial charge is 0.263 e. The highest BCUT2D eigenvalue weighted by Gasteiger charge is 2.29. The zero-order chi connectivity index (χ0) is 22.4. The van der Waals surface area contributed by atoms with Crippen LogP contribution in [-0.4, -0.2) is 45.8 Å². The van der Waals surface area contributed by atoms with Crippen molar-refractivity contribution in [3.05, 3.63) is 59.7 Å². The number of amides is 1. The third kappa shape index (κ3) is 5.25. The first-order valence-corrected chi connectivity index (χ1v) is 11.9. The zero-order valence-corrected chi connectivity index (χ0v) is 19.0. The highest BCUT2D eigenvalue weighted by molar-refractivity contribution is 7.90. The van der Waals surface area contributed by atoms with Gasteiger partial charge in [0.15, 0.2) is 0 Å². The molecule has 166 valence electrons. The van der Waals surface area contributed by atoms with Crippen LogP contribution in [0, 0.1) is 0 Å². The number of hydrogen-bond acceptors (Lipinski definition) is 5. The molecule has 2 aromatic rings. The predicted molar refractivity (Wildman–Crippen MR) is 121 cm³/mol. The minimum atomic E-state index is -3.50. The van der Waals surface area contributed by atoms with E-state index in [1.807, 2.05) is 38.2 Å². The van der Waals surface area contributed by atoms with Gasteiger partial charge in [-0.1, -0.05) is 36.8 Å². The Labute approximate surface area is 184 Å². The van der Waals surface area contributed by atoms with Gasteiger partial charge in [0.05, 0.1) is 18.0 Å². The largest absolute Gasteiger partial charge is 0.496 e. The summed E-state index contributed by atoms with van der Waals surface area (Å²) in [5, 5.41) is 0. The van der Waals surface area contributed by atoms with Gasteiger partial charge in [0.1, 0.15) is 11.6 Å². The van der Waals surface area contributed by atoms with E-state index < -0.39 is 10.0 Å². The molecule has 1 heterocycles. The van der Waals surface area contributed by atoms with Crippen molar-refractivity contribution >= 4 is 21.8 Å². The maximum Gasteiger partial charge on any atom is 0.263 e. The average Bonchev–Trinajstić information content (AvgIpc) is 3.05. The molecule has 0 spiro atoms. The molecule has 0 aliphatic carbocycles.